The summed E-state index contributed by atoms with van der Waals surface area (Å²) in [4.78, 5) is 42.0. The predicted octanol–water partition coefficient (Wildman–Crippen LogP) is 4.99. The summed E-state index contributed by atoms with van der Waals surface area (Å²) in [5.74, 6) is 1.000. The molecule has 0 bridgehead atoms. The molecule has 1 fully saturated rings. The topological polar surface area (TPSA) is 127 Å². The first kappa shape index (κ1) is 28.5. The lowest BCUT2D eigenvalue weighted by molar-refractivity contribution is -0.137. The fourth-order valence-electron chi connectivity index (χ4n) is 4.12. The molecule has 3 aromatic rings. The van der Waals surface area contributed by atoms with Crippen molar-refractivity contribution in [3.05, 3.63) is 24.4 Å². The van der Waals surface area contributed by atoms with E-state index in [9.17, 15) is 9.59 Å². The Labute approximate surface area is 231 Å². The summed E-state index contributed by atoms with van der Waals surface area (Å²) in [6.45, 7) is 8.48. The van der Waals surface area contributed by atoms with Gasteiger partial charge in [0.15, 0.2) is 11.6 Å². The van der Waals surface area contributed by atoms with Gasteiger partial charge in [-0.3, -0.25) is 9.69 Å². The maximum Gasteiger partial charge on any atom is 0.415 e. The molecule has 0 unspecified atom stereocenters. The van der Waals surface area contributed by atoms with E-state index in [1.54, 1.807) is 24.3 Å². The first-order valence-corrected chi connectivity index (χ1v) is 13.8. The lowest BCUT2D eigenvalue weighted by atomic mass is 10.2. The van der Waals surface area contributed by atoms with Gasteiger partial charge in [0.05, 0.1) is 30.5 Å². The third kappa shape index (κ3) is 7.54. The lowest BCUT2D eigenvalue weighted by Crippen LogP contribution is -2.37. The average molecular weight is 558 g/mol. The van der Waals surface area contributed by atoms with Crippen molar-refractivity contribution in [1.82, 2.24) is 15.0 Å². The molecule has 1 amide bonds. The van der Waals surface area contributed by atoms with Crippen molar-refractivity contribution < 1.29 is 28.9 Å². The number of thiophene rings is 1. The molecule has 11 nitrogen and oxygen atoms in total. The number of fused-ring (bicyclic) bond motifs is 1. The second kappa shape index (κ2) is 12.6. The van der Waals surface area contributed by atoms with Crippen LogP contribution in [0.25, 0.3) is 21.6 Å². The number of hydrogen-bond donors (Lipinski definition) is 1. The molecule has 0 aromatic carbocycles. The van der Waals surface area contributed by atoms with Crippen LogP contribution < -0.4 is 14.5 Å². The van der Waals surface area contributed by atoms with Crippen molar-refractivity contribution in [1.29, 1.82) is 0 Å². The summed E-state index contributed by atoms with van der Waals surface area (Å²) >= 11 is 1.45. The van der Waals surface area contributed by atoms with Crippen LogP contribution in [0.15, 0.2) is 24.4 Å². The highest BCUT2D eigenvalue weighted by Crippen LogP contribution is 2.39. The number of carboxylic acid groups (broad SMARTS) is 1. The van der Waals surface area contributed by atoms with E-state index in [4.69, 9.17) is 29.3 Å². The first-order chi connectivity index (χ1) is 18.6. The molecule has 4 heterocycles. The van der Waals surface area contributed by atoms with Crippen LogP contribution in [0.2, 0.25) is 0 Å². The number of anilines is 2. The molecule has 39 heavy (non-hydrogen) atoms. The van der Waals surface area contributed by atoms with E-state index in [0.717, 1.165) is 21.6 Å². The molecule has 1 aliphatic heterocycles. The van der Waals surface area contributed by atoms with Gasteiger partial charge in [-0.1, -0.05) is 6.42 Å². The number of pyridine rings is 1. The number of ether oxygens (including phenoxy) is 3. The zero-order valence-electron chi connectivity index (χ0n) is 22.8. The Kier molecular flexibility index (Phi) is 9.18. The number of amides is 1. The lowest BCUT2D eigenvalue weighted by Gasteiger charge is -2.28. The highest BCUT2D eigenvalue weighted by Gasteiger charge is 2.27. The number of hydrogen-bond acceptors (Lipinski definition) is 10. The van der Waals surface area contributed by atoms with Gasteiger partial charge >= 0.3 is 12.1 Å². The van der Waals surface area contributed by atoms with E-state index in [2.05, 4.69) is 9.88 Å². The summed E-state index contributed by atoms with van der Waals surface area (Å²) in [5, 5.41) is 9.64. The van der Waals surface area contributed by atoms with Crippen molar-refractivity contribution in [2.45, 2.75) is 52.1 Å². The van der Waals surface area contributed by atoms with Crippen LogP contribution in [0.3, 0.4) is 0 Å². The zero-order chi connectivity index (χ0) is 28.0. The summed E-state index contributed by atoms with van der Waals surface area (Å²) in [5.41, 5.74) is 0.807. The van der Waals surface area contributed by atoms with E-state index in [1.165, 1.54) is 11.3 Å². The van der Waals surface area contributed by atoms with Crippen LogP contribution in [-0.4, -0.2) is 77.7 Å². The maximum atomic E-state index is 13.3. The molecule has 0 atom stereocenters. The number of carbonyl (C=O) groups is 2. The summed E-state index contributed by atoms with van der Waals surface area (Å²) in [6.07, 6.45) is 3.22. The Morgan fingerprint density at radius 3 is 2.56 bits per heavy atom. The quantitative estimate of drug-likeness (QED) is 0.341. The van der Waals surface area contributed by atoms with Crippen molar-refractivity contribution in [3.8, 4) is 17.3 Å². The SMILES string of the molecule is COc1ccc(-c2nc(N3CCOCC3)c3sc(N(CCCCCC(=O)O)C(=O)OC(C)(C)C)cc3n2)cn1. The van der Waals surface area contributed by atoms with Gasteiger partial charge in [0.2, 0.25) is 5.88 Å². The van der Waals surface area contributed by atoms with Crippen molar-refractivity contribution in [2.24, 2.45) is 0 Å². The number of nitrogens with zero attached hydrogens (tertiary/aromatic N) is 5. The van der Waals surface area contributed by atoms with Gasteiger partial charge in [0, 0.05) is 43.9 Å². The molecule has 1 saturated heterocycles. The minimum atomic E-state index is -0.819. The third-order valence-corrected chi connectivity index (χ3v) is 7.15. The van der Waals surface area contributed by atoms with Crippen LogP contribution in [0.5, 0.6) is 5.88 Å². The van der Waals surface area contributed by atoms with Gasteiger partial charge in [-0.25, -0.2) is 19.7 Å². The molecule has 210 valence electrons. The number of carbonyl (C=O) groups excluding carboxylic acids is 1. The molecule has 1 N–H and O–H groups in total. The monoisotopic (exact) mass is 557 g/mol. The second-order valence-corrected chi connectivity index (χ2v) is 11.2. The second-order valence-electron chi connectivity index (χ2n) is 10.2. The Hall–Kier alpha value is -3.51. The summed E-state index contributed by atoms with van der Waals surface area (Å²) in [7, 11) is 1.57. The standard InChI is InChI=1S/C27H35N5O6S/c1-27(2,3)38-26(35)32(11-7-5-6-8-22(33)34)21-16-19-23(39-21)25(31-12-14-37-15-13-31)30-24(29-19)18-9-10-20(36-4)28-17-18/h9-10,16-17H,5-8,11-15H2,1-4H3,(H,33,34). The normalized spacial score (nSPS) is 13.9. The molecule has 3 aromatic heterocycles. The Morgan fingerprint density at radius 2 is 1.92 bits per heavy atom. The van der Waals surface area contributed by atoms with Crippen LogP contribution in [-0.2, 0) is 14.3 Å². The molecular formula is C27H35N5O6S. The number of unbranched alkanes of at least 4 members (excludes halogenated alkanes) is 2. The number of methoxy groups -OCH3 is 1. The van der Waals surface area contributed by atoms with Crippen molar-refractivity contribution in [2.75, 3.05) is 49.8 Å². The van der Waals surface area contributed by atoms with E-state index in [-0.39, 0.29) is 6.42 Å². The fourth-order valence-corrected chi connectivity index (χ4v) is 5.25. The number of rotatable bonds is 10. The third-order valence-electron chi connectivity index (χ3n) is 6.01. The Balaban J connectivity index is 1.72. The summed E-state index contributed by atoms with van der Waals surface area (Å²) in [6, 6.07) is 5.53. The molecule has 1 aliphatic rings. The average Bonchev–Trinajstić information content (AvgIpc) is 3.33. The van der Waals surface area contributed by atoms with E-state index in [0.29, 0.717) is 68.8 Å². The smallest absolute Gasteiger partial charge is 0.415 e. The van der Waals surface area contributed by atoms with Gasteiger partial charge in [-0.05, 0) is 45.7 Å². The van der Waals surface area contributed by atoms with E-state index in [1.807, 2.05) is 32.9 Å². The number of aromatic nitrogens is 3. The molecule has 0 saturated carbocycles. The van der Waals surface area contributed by atoms with Gasteiger partial charge < -0.3 is 24.2 Å². The van der Waals surface area contributed by atoms with E-state index >= 15 is 0 Å². The molecule has 12 heteroatoms. The number of aliphatic carboxylic acids is 1. The molecular weight excluding hydrogens is 522 g/mol. The minimum absolute atomic E-state index is 0.108. The van der Waals surface area contributed by atoms with Crippen molar-refractivity contribution in [3.63, 3.8) is 0 Å². The molecule has 0 spiro atoms. The molecule has 0 radical (unpaired) electrons. The number of morpholine rings is 1. The highest BCUT2D eigenvalue weighted by atomic mass is 32.1. The highest BCUT2D eigenvalue weighted by molar-refractivity contribution is 7.23. The van der Waals surface area contributed by atoms with Crippen LogP contribution in [0, 0.1) is 0 Å². The van der Waals surface area contributed by atoms with Crippen LogP contribution >= 0.6 is 11.3 Å². The van der Waals surface area contributed by atoms with Crippen molar-refractivity contribution >= 4 is 44.4 Å². The van der Waals surface area contributed by atoms with Gasteiger partial charge in [-0.2, -0.15) is 0 Å². The number of carboxylic acids is 1. The summed E-state index contributed by atoms with van der Waals surface area (Å²) < 4.78 is 17.3. The van der Waals surface area contributed by atoms with E-state index < -0.39 is 17.7 Å². The maximum absolute atomic E-state index is 13.3. The van der Waals surface area contributed by atoms with Gasteiger partial charge in [-0.15, -0.1) is 11.3 Å². The predicted molar refractivity (Wildman–Crippen MR) is 150 cm³/mol. The molecule has 4 rings (SSSR count). The molecule has 0 aliphatic carbocycles. The minimum Gasteiger partial charge on any atom is -0.481 e. The fraction of sp³-hybridized carbons (Fsp3) is 0.519. The Morgan fingerprint density at radius 1 is 1.15 bits per heavy atom. The van der Waals surface area contributed by atoms with Gasteiger partial charge in [0.25, 0.3) is 0 Å². The van der Waals surface area contributed by atoms with Crippen LogP contribution in [0.4, 0.5) is 15.6 Å². The van der Waals surface area contributed by atoms with Crippen LogP contribution in [0.1, 0.15) is 46.5 Å². The Bertz CT molecular complexity index is 1280. The first-order valence-electron chi connectivity index (χ1n) is 13.0. The largest absolute Gasteiger partial charge is 0.481 e. The zero-order valence-corrected chi connectivity index (χ0v) is 23.6. The van der Waals surface area contributed by atoms with Gasteiger partial charge in [0.1, 0.15) is 10.6 Å².